The number of carbonyl (C=O) groups excluding carboxylic acids is 1. The summed E-state index contributed by atoms with van der Waals surface area (Å²) in [5.41, 5.74) is 2.25. The molecule has 3 fully saturated rings. The lowest BCUT2D eigenvalue weighted by atomic mass is 9.78. The number of piperidine rings is 3. The Morgan fingerprint density at radius 1 is 1.23 bits per heavy atom. The molecule has 0 N–H and O–H groups in total. The van der Waals surface area contributed by atoms with Crippen LogP contribution in [0.25, 0.3) is 0 Å². The molecule has 3 saturated heterocycles. The van der Waals surface area contributed by atoms with Crippen LogP contribution in [0.1, 0.15) is 31.4 Å². The van der Waals surface area contributed by atoms with Crippen LogP contribution in [-0.4, -0.2) is 47.8 Å². The average molecular weight is 299 g/mol. The Bertz CT molecular complexity index is 635. The van der Waals surface area contributed by atoms with Crippen LogP contribution in [0.3, 0.4) is 0 Å². The highest BCUT2D eigenvalue weighted by atomic mass is 16.5. The van der Waals surface area contributed by atoms with E-state index >= 15 is 0 Å². The summed E-state index contributed by atoms with van der Waals surface area (Å²) in [6, 6.07) is 8.14. The molecule has 0 radical (unpaired) electrons. The smallest absolute Gasteiger partial charge is 0.240 e. The van der Waals surface area contributed by atoms with Gasteiger partial charge in [-0.2, -0.15) is 5.10 Å². The summed E-state index contributed by atoms with van der Waals surface area (Å²) >= 11 is 0. The standard InChI is InChI=1S/C17H21N3O2/c1-11(21)20-16(13-5-3-4-6-14(13)22-2)17-15(18-20)12-7-9-19(17)10-8-12/h3-6,12,16-17H,7-10H2,1-2H3. The summed E-state index contributed by atoms with van der Waals surface area (Å²) in [6.45, 7) is 3.80. The van der Waals surface area contributed by atoms with Gasteiger partial charge in [-0.05, 0) is 32.0 Å². The predicted octanol–water partition coefficient (Wildman–Crippen LogP) is 2.05. The van der Waals surface area contributed by atoms with Gasteiger partial charge in [0.15, 0.2) is 0 Å². The molecular weight excluding hydrogens is 278 g/mol. The Morgan fingerprint density at radius 3 is 2.64 bits per heavy atom. The minimum absolute atomic E-state index is 0.00148. The molecule has 116 valence electrons. The van der Waals surface area contributed by atoms with Gasteiger partial charge in [0, 0.05) is 18.4 Å². The van der Waals surface area contributed by atoms with Gasteiger partial charge in [-0.15, -0.1) is 0 Å². The number of methoxy groups -OCH3 is 1. The summed E-state index contributed by atoms with van der Waals surface area (Å²) in [6.07, 6.45) is 2.33. The van der Waals surface area contributed by atoms with Gasteiger partial charge in [0.25, 0.3) is 0 Å². The zero-order valence-corrected chi connectivity index (χ0v) is 13.0. The van der Waals surface area contributed by atoms with Crippen LogP contribution in [0.2, 0.25) is 0 Å². The van der Waals surface area contributed by atoms with Crippen LogP contribution in [-0.2, 0) is 4.79 Å². The Hall–Kier alpha value is -1.88. The topological polar surface area (TPSA) is 45.1 Å². The SMILES string of the molecule is COc1ccccc1C1C2C(=NN1C(C)=O)C1CCN2CC1. The number of ether oxygens (including phenoxy) is 1. The zero-order valence-electron chi connectivity index (χ0n) is 13.0. The van der Waals surface area contributed by atoms with E-state index in [1.807, 2.05) is 18.2 Å². The van der Waals surface area contributed by atoms with Crippen LogP contribution < -0.4 is 4.74 Å². The van der Waals surface area contributed by atoms with Gasteiger partial charge in [-0.25, -0.2) is 5.01 Å². The van der Waals surface area contributed by atoms with Gasteiger partial charge < -0.3 is 4.74 Å². The molecule has 1 aromatic carbocycles. The summed E-state index contributed by atoms with van der Waals surface area (Å²) in [7, 11) is 1.68. The molecule has 5 heteroatoms. The van der Waals surface area contributed by atoms with Crippen molar-refractivity contribution in [1.82, 2.24) is 9.91 Å². The minimum Gasteiger partial charge on any atom is -0.496 e. The van der Waals surface area contributed by atoms with Gasteiger partial charge in [-0.1, -0.05) is 18.2 Å². The predicted molar refractivity (Wildman–Crippen MR) is 83.8 cm³/mol. The second kappa shape index (κ2) is 5.09. The molecule has 0 spiro atoms. The van der Waals surface area contributed by atoms with Crippen LogP contribution in [0.15, 0.2) is 29.4 Å². The Morgan fingerprint density at radius 2 is 1.95 bits per heavy atom. The molecule has 4 heterocycles. The Labute approximate surface area is 130 Å². The maximum Gasteiger partial charge on any atom is 0.240 e. The Kier molecular flexibility index (Phi) is 3.18. The number of carbonyl (C=O) groups is 1. The van der Waals surface area contributed by atoms with Gasteiger partial charge in [0.1, 0.15) is 11.8 Å². The van der Waals surface area contributed by atoms with Gasteiger partial charge >= 0.3 is 0 Å². The number of hydrogen-bond donors (Lipinski definition) is 0. The first-order valence-corrected chi connectivity index (χ1v) is 7.96. The van der Waals surface area contributed by atoms with E-state index in [1.54, 1.807) is 19.0 Å². The number of nitrogens with zero attached hydrogens (tertiary/aromatic N) is 3. The van der Waals surface area contributed by atoms with Crippen molar-refractivity contribution in [1.29, 1.82) is 0 Å². The van der Waals surface area contributed by atoms with Gasteiger partial charge in [0.2, 0.25) is 5.91 Å². The highest BCUT2D eigenvalue weighted by Gasteiger charge is 2.51. The van der Waals surface area contributed by atoms with E-state index in [4.69, 9.17) is 9.84 Å². The maximum atomic E-state index is 12.2. The number of rotatable bonds is 2. The van der Waals surface area contributed by atoms with Crippen molar-refractivity contribution >= 4 is 11.6 Å². The van der Waals surface area contributed by atoms with Crippen molar-refractivity contribution in [3.8, 4) is 5.75 Å². The molecule has 2 atom stereocenters. The van der Waals surface area contributed by atoms with E-state index in [0.29, 0.717) is 5.92 Å². The summed E-state index contributed by atoms with van der Waals surface area (Å²) in [5.74, 6) is 1.37. The molecule has 4 aliphatic rings. The molecule has 1 aromatic rings. The Balaban J connectivity index is 1.81. The molecule has 0 saturated carbocycles. The summed E-state index contributed by atoms with van der Waals surface area (Å²) < 4.78 is 5.54. The maximum absolute atomic E-state index is 12.2. The lowest BCUT2D eigenvalue weighted by Crippen LogP contribution is -2.56. The van der Waals surface area contributed by atoms with E-state index in [2.05, 4.69) is 11.0 Å². The monoisotopic (exact) mass is 299 g/mol. The third kappa shape index (κ3) is 1.88. The van der Waals surface area contributed by atoms with E-state index in [1.165, 1.54) is 18.6 Å². The van der Waals surface area contributed by atoms with Gasteiger partial charge in [0.05, 0.1) is 18.9 Å². The van der Waals surface area contributed by atoms with E-state index in [-0.39, 0.29) is 18.0 Å². The molecule has 5 rings (SSSR count). The first kappa shape index (κ1) is 13.8. The minimum atomic E-state index is -0.0632. The van der Waals surface area contributed by atoms with Crippen LogP contribution in [0.5, 0.6) is 5.75 Å². The molecular formula is C17H21N3O2. The van der Waals surface area contributed by atoms with E-state index in [9.17, 15) is 4.79 Å². The number of benzene rings is 1. The second-order valence-corrected chi connectivity index (χ2v) is 6.33. The average Bonchev–Trinajstić information content (AvgIpc) is 2.98. The molecule has 0 aromatic heterocycles. The first-order valence-electron chi connectivity index (χ1n) is 7.96. The van der Waals surface area contributed by atoms with E-state index < -0.39 is 0 Å². The zero-order chi connectivity index (χ0) is 15.3. The summed E-state index contributed by atoms with van der Waals surface area (Å²) in [5, 5.41) is 6.40. The third-order valence-electron chi connectivity index (χ3n) is 5.21. The molecule has 2 unspecified atom stereocenters. The molecule has 4 aliphatic heterocycles. The van der Waals surface area contributed by atoms with E-state index in [0.717, 1.165) is 24.4 Å². The molecule has 22 heavy (non-hydrogen) atoms. The molecule has 1 amide bonds. The van der Waals surface area contributed by atoms with Crippen LogP contribution in [0, 0.1) is 5.92 Å². The van der Waals surface area contributed by atoms with Gasteiger partial charge in [-0.3, -0.25) is 9.69 Å². The van der Waals surface area contributed by atoms with Crippen molar-refractivity contribution in [2.45, 2.75) is 31.8 Å². The third-order valence-corrected chi connectivity index (χ3v) is 5.21. The second-order valence-electron chi connectivity index (χ2n) is 6.33. The van der Waals surface area contributed by atoms with Crippen molar-refractivity contribution in [3.63, 3.8) is 0 Å². The highest BCUT2D eigenvalue weighted by molar-refractivity contribution is 5.97. The fourth-order valence-electron chi connectivity index (χ4n) is 4.20. The number of hydrogen-bond acceptors (Lipinski definition) is 4. The van der Waals surface area contributed by atoms with Crippen molar-refractivity contribution in [2.75, 3.05) is 20.2 Å². The lowest BCUT2D eigenvalue weighted by molar-refractivity contribution is -0.131. The van der Waals surface area contributed by atoms with Crippen LogP contribution in [0.4, 0.5) is 0 Å². The summed E-state index contributed by atoms with van der Waals surface area (Å²) in [4.78, 5) is 14.7. The normalized spacial score (nSPS) is 32.6. The molecule has 0 aliphatic carbocycles. The first-order chi connectivity index (χ1) is 10.7. The largest absolute Gasteiger partial charge is 0.496 e. The number of hydrazone groups is 1. The number of para-hydroxylation sites is 1. The quantitative estimate of drug-likeness (QED) is 0.839. The fourth-order valence-corrected chi connectivity index (χ4v) is 4.20. The fraction of sp³-hybridized carbons (Fsp3) is 0.529. The van der Waals surface area contributed by atoms with Crippen molar-refractivity contribution in [2.24, 2.45) is 11.0 Å². The lowest BCUT2D eigenvalue weighted by Gasteiger charge is -2.46. The molecule has 5 nitrogen and oxygen atoms in total. The van der Waals surface area contributed by atoms with Crippen molar-refractivity contribution in [3.05, 3.63) is 29.8 Å². The van der Waals surface area contributed by atoms with Crippen molar-refractivity contribution < 1.29 is 9.53 Å². The van der Waals surface area contributed by atoms with Crippen LogP contribution >= 0.6 is 0 Å². The molecule has 2 bridgehead atoms. The number of fused-ring (bicyclic) bond motifs is 2. The number of amides is 1. The highest BCUT2D eigenvalue weighted by Crippen LogP contribution is 2.45.